The Morgan fingerprint density at radius 3 is 2.45 bits per heavy atom. The molecule has 2 aliphatic heterocycles. The predicted molar refractivity (Wildman–Crippen MR) is 84.3 cm³/mol. The van der Waals surface area contributed by atoms with Gasteiger partial charge in [0.05, 0.1) is 7.11 Å². The zero-order chi connectivity index (χ0) is 14.3. The number of nitrogens with zero attached hydrogens (tertiary/aromatic N) is 1. The van der Waals surface area contributed by atoms with Crippen LogP contribution < -0.4 is 4.74 Å². The smallest absolute Gasteiger partial charge is 0.119 e. The van der Waals surface area contributed by atoms with E-state index in [2.05, 4.69) is 44.0 Å². The lowest BCUT2D eigenvalue weighted by atomic mass is 9.81. The molecule has 20 heavy (non-hydrogen) atoms. The SMILES string of the molecule is COc1cc(C)c(C2=CC3CCCC(C2)N3C)c(C)c1. The summed E-state index contributed by atoms with van der Waals surface area (Å²) < 4.78 is 5.38. The van der Waals surface area contributed by atoms with Gasteiger partial charge in [0.2, 0.25) is 0 Å². The lowest BCUT2D eigenvalue weighted by molar-refractivity contribution is 0.137. The van der Waals surface area contributed by atoms with Crippen LogP contribution in [0.25, 0.3) is 5.57 Å². The molecule has 108 valence electrons. The highest BCUT2D eigenvalue weighted by atomic mass is 16.5. The molecule has 0 aliphatic carbocycles. The summed E-state index contributed by atoms with van der Waals surface area (Å²) in [6.07, 6.45) is 7.74. The van der Waals surface area contributed by atoms with Gasteiger partial charge in [0.1, 0.15) is 5.75 Å². The van der Waals surface area contributed by atoms with Crippen LogP contribution in [0.4, 0.5) is 0 Å². The van der Waals surface area contributed by atoms with Crippen molar-refractivity contribution < 1.29 is 4.74 Å². The molecule has 3 rings (SSSR count). The van der Waals surface area contributed by atoms with Crippen LogP contribution >= 0.6 is 0 Å². The number of piperidine rings is 1. The molecule has 1 aromatic carbocycles. The fourth-order valence-electron chi connectivity index (χ4n) is 3.98. The summed E-state index contributed by atoms with van der Waals surface area (Å²) in [4.78, 5) is 2.57. The molecule has 2 unspecified atom stereocenters. The molecule has 0 N–H and O–H groups in total. The maximum atomic E-state index is 5.38. The first-order valence-electron chi connectivity index (χ1n) is 7.68. The van der Waals surface area contributed by atoms with E-state index >= 15 is 0 Å². The number of fused-ring (bicyclic) bond motifs is 2. The fourth-order valence-corrected chi connectivity index (χ4v) is 3.98. The molecule has 0 saturated carbocycles. The van der Waals surface area contributed by atoms with Crippen molar-refractivity contribution >= 4 is 5.57 Å². The maximum Gasteiger partial charge on any atom is 0.119 e. The lowest BCUT2D eigenvalue weighted by Gasteiger charge is -2.43. The highest BCUT2D eigenvalue weighted by molar-refractivity contribution is 5.73. The van der Waals surface area contributed by atoms with Gasteiger partial charge in [-0.2, -0.15) is 0 Å². The van der Waals surface area contributed by atoms with Crippen molar-refractivity contribution in [3.8, 4) is 5.75 Å². The third-order valence-electron chi connectivity index (χ3n) is 5.05. The molecular weight excluding hydrogens is 246 g/mol. The van der Waals surface area contributed by atoms with Gasteiger partial charge in [-0.3, -0.25) is 4.90 Å². The summed E-state index contributed by atoms with van der Waals surface area (Å²) >= 11 is 0. The Hall–Kier alpha value is -1.28. The molecule has 1 fully saturated rings. The molecule has 0 aromatic heterocycles. The van der Waals surface area contributed by atoms with Crippen LogP contribution in [0.1, 0.15) is 42.4 Å². The van der Waals surface area contributed by atoms with E-state index in [-0.39, 0.29) is 0 Å². The monoisotopic (exact) mass is 271 g/mol. The van der Waals surface area contributed by atoms with Crippen molar-refractivity contribution in [1.29, 1.82) is 0 Å². The normalized spacial score (nSPS) is 26.3. The number of methoxy groups -OCH3 is 1. The van der Waals surface area contributed by atoms with Crippen molar-refractivity contribution in [1.82, 2.24) is 4.90 Å². The Kier molecular flexibility index (Phi) is 3.59. The van der Waals surface area contributed by atoms with Gasteiger partial charge in [-0.05, 0) is 74.6 Å². The van der Waals surface area contributed by atoms with Crippen LogP contribution in [-0.2, 0) is 0 Å². The minimum Gasteiger partial charge on any atom is -0.497 e. The van der Waals surface area contributed by atoms with Crippen LogP contribution in [-0.4, -0.2) is 31.1 Å². The molecule has 2 atom stereocenters. The molecular formula is C18H25NO. The van der Waals surface area contributed by atoms with Gasteiger partial charge >= 0.3 is 0 Å². The number of ether oxygens (including phenoxy) is 1. The second kappa shape index (κ2) is 5.25. The van der Waals surface area contributed by atoms with Crippen LogP contribution in [0, 0.1) is 13.8 Å². The maximum absolute atomic E-state index is 5.38. The highest BCUT2D eigenvalue weighted by Crippen LogP contribution is 2.38. The van der Waals surface area contributed by atoms with Gasteiger partial charge in [-0.25, -0.2) is 0 Å². The van der Waals surface area contributed by atoms with E-state index in [4.69, 9.17) is 4.74 Å². The third kappa shape index (κ3) is 2.26. The standard InChI is InChI=1S/C18H25NO/c1-12-8-17(20-4)9-13(2)18(12)14-10-15-6-5-7-16(11-14)19(15)3/h8-10,15-16H,5-7,11H2,1-4H3. The molecule has 2 heterocycles. The second-order valence-corrected chi connectivity index (χ2v) is 6.35. The van der Waals surface area contributed by atoms with E-state index in [0.29, 0.717) is 6.04 Å². The Morgan fingerprint density at radius 2 is 1.85 bits per heavy atom. The molecule has 1 saturated heterocycles. The Labute approximate surface area is 122 Å². The second-order valence-electron chi connectivity index (χ2n) is 6.35. The zero-order valence-corrected chi connectivity index (χ0v) is 13.1. The van der Waals surface area contributed by atoms with Crippen molar-refractivity contribution in [2.45, 2.75) is 51.6 Å². The molecule has 1 aromatic rings. The van der Waals surface area contributed by atoms with Gasteiger partial charge in [-0.15, -0.1) is 0 Å². The summed E-state index contributed by atoms with van der Waals surface area (Å²) in [7, 11) is 4.03. The van der Waals surface area contributed by atoms with E-state index in [0.717, 1.165) is 11.8 Å². The van der Waals surface area contributed by atoms with E-state index in [1.54, 1.807) is 12.7 Å². The number of hydrogen-bond acceptors (Lipinski definition) is 2. The molecule has 0 radical (unpaired) electrons. The first-order chi connectivity index (χ1) is 9.60. The quantitative estimate of drug-likeness (QED) is 0.807. The number of aryl methyl sites for hydroxylation is 2. The van der Waals surface area contributed by atoms with E-state index < -0.39 is 0 Å². The summed E-state index contributed by atoms with van der Waals surface area (Å²) in [5.41, 5.74) is 5.69. The van der Waals surface area contributed by atoms with Crippen molar-refractivity contribution in [2.75, 3.05) is 14.2 Å². The highest BCUT2D eigenvalue weighted by Gasteiger charge is 2.32. The topological polar surface area (TPSA) is 12.5 Å². The van der Waals surface area contributed by atoms with Gasteiger partial charge in [0.25, 0.3) is 0 Å². The lowest BCUT2D eigenvalue weighted by Crippen LogP contribution is -2.45. The summed E-state index contributed by atoms with van der Waals surface area (Å²) in [6.45, 7) is 4.42. The summed E-state index contributed by atoms with van der Waals surface area (Å²) in [6, 6.07) is 5.70. The molecule has 2 nitrogen and oxygen atoms in total. The largest absolute Gasteiger partial charge is 0.497 e. The van der Waals surface area contributed by atoms with E-state index in [1.165, 1.54) is 42.4 Å². The summed E-state index contributed by atoms with van der Waals surface area (Å²) in [5.74, 6) is 0.970. The fraction of sp³-hybridized carbons (Fsp3) is 0.556. The molecule has 2 aliphatic rings. The summed E-state index contributed by atoms with van der Waals surface area (Å²) in [5, 5.41) is 0. The number of rotatable bonds is 2. The van der Waals surface area contributed by atoms with Gasteiger partial charge < -0.3 is 4.74 Å². The predicted octanol–water partition coefficient (Wildman–Crippen LogP) is 3.95. The van der Waals surface area contributed by atoms with E-state index in [9.17, 15) is 0 Å². The average molecular weight is 271 g/mol. The van der Waals surface area contributed by atoms with Crippen LogP contribution in [0.15, 0.2) is 18.2 Å². The Bertz CT molecular complexity index is 523. The van der Waals surface area contributed by atoms with E-state index in [1.807, 2.05) is 0 Å². The zero-order valence-electron chi connectivity index (χ0n) is 13.1. The Morgan fingerprint density at radius 1 is 1.15 bits per heavy atom. The molecule has 2 heteroatoms. The third-order valence-corrected chi connectivity index (χ3v) is 5.05. The Balaban J connectivity index is 2.01. The number of benzene rings is 1. The minimum absolute atomic E-state index is 0.637. The number of hydrogen-bond donors (Lipinski definition) is 0. The van der Waals surface area contributed by atoms with Crippen LogP contribution in [0.3, 0.4) is 0 Å². The first kappa shape index (κ1) is 13.7. The molecule has 0 amide bonds. The molecule has 2 bridgehead atoms. The van der Waals surface area contributed by atoms with Crippen molar-refractivity contribution in [2.24, 2.45) is 0 Å². The van der Waals surface area contributed by atoms with Crippen LogP contribution in [0.5, 0.6) is 5.75 Å². The minimum atomic E-state index is 0.637. The van der Waals surface area contributed by atoms with Crippen LogP contribution in [0.2, 0.25) is 0 Å². The number of likely N-dealkylation sites (N-methyl/N-ethyl adjacent to an activating group) is 1. The van der Waals surface area contributed by atoms with Crippen molar-refractivity contribution in [3.05, 3.63) is 34.9 Å². The molecule has 0 spiro atoms. The van der Waals surface area contributed by atoms with Crippen molar-refractivity contribution in [3.63, 3.8) is 0 Å². The average Bonchev–Trinajstić information content (AvgIpc) is 2.38. The van der Waals surface area contributed by atoms with Gasteiger partial charge in [-0.1, -0.05) is 12.5 Å². The first-order valence-corrected chi connectivity index (χ1v) is 7.68. The van der Waals surface area contributed by atoms with Gasteiger partial charge in [0.15, 0.2) is 0 Å². The van der Waals surface area contributed by atoms with Gasteiger partial charge in [0, 0.05) is 12.1 Å².